The fourth-order valence-electron chi connectivity index (χ4n) is 2.21. The second-order valence-electron chi connectivity index (χ2n) is 5.62. The van der Waals surface area contributed by atoms with Gasteiger partial charge in [-0.1, -0.05) is 17.7 Å². The average Bonchev–Trinajstić information content (AvgIpc) is 2.51. The third-order valence-electron chi connectivity index (χ3n) is 3.60. The standard InChI is InChI=1S/C16H16ClN3O5S/c1-9-4-5-12(6-15(9)18-11(3)21)19-26(24,25)13-7-14(17)10(2)16(8-13)20(22)23/h4-8,19H,1-3H3,(H,18,21). The van der Waals surface area contributed by atoms with Gasteiger partial charge in [0.2, 0.25) is 5.91 Å². The van der Waals surface area contributed by atoms with Crippen LogP contribution in [0.15, 0.2) is 35.2 Å². The highest BCUT2D eigenvalue weighted by molar-refractivity contribution is 7.92. The van der Waals surface area contributed by atoms with Crippen LogP contribution < -0.4 is 10.0 Å². The first kappa shape index (κ1) is 19.7. The first-order valence-electron chi connectivity index (χ1n) is 7.37. The molecule has 0 radical (unpaired) electrons. The van der Waals surface area contributed by atoms with Crippen molar-refractivity contribution in [3.8, 4) is 0 Å². The average molecular weight is 398 g/mol. The summed E-state index contributed by atoms with van der Waals surface area (Å²) in [5.74, 6) is -0.297. The Morgan fingerprint density at radius 3 is 2.42 bits per heavy atom. The van der Waals surface area contributed by atoms with Crippen LogP contribution in [0, 0.1) is 24.0 Å². The van der Waals surface area contributed by atoms with E-state index in [0.29, 0.717) is 5.69 Å². The van der Waals surface area contributed by atoms with Crippen LogP contribution in [0.5, 0.6) is 0 Å². The summed E-state index contributed by atoms with van der Waals surface area (Å²) in [5.41, 5.74) is 1.18. The van der Waals surface area contributed by atoms with Crippen molar-refractivity contribution in [1.82, 2.24) is 0 Å². The van der Waals surface area contributed by atoms with Crippen LogP contribution in [-0.2, 0) is 14.8 Å². The normalized spacial score (nSPS) is 11.1. The predicted octanol–water partition coefficient (Wildman–Crippen LogP) is 3.62. The van der Waals surface area contributed by atoms with E-state index in [-0.39, 0.29) is 32.8 Å². The van der Waals surface area contributed by atoms with E-state index in [2.05, 4.69) is 10.0 Å². The molecule has 0 bridgehead atoms. The zero-order valence-corrected chi connectivity index (χ0v) is 15.7. The van der Waals surface area contributed by atoms with Gasteiger partial charge in [-0.15, -0.1) is 0 Å². The van der Waals surface area contributed by atoms with Crippen molar-refractivity contribution in [2.45, 2.75) is 25.7 Å². The molecule has 10 heteroatoms. The Kier molecular flexibility index (Phi) is 5.53. The lowest BCUT2D eigenvalue weighted by Crippen LogP contribution is -2.14. The lowest BCUT2D eigenvalue weighted by atomic mass is 10.2. The molecular formula is C16H16ClN3O5S. The predicted molar refractivity (Wildman–Crippen MR) is 99.1 cm³/mol. The van der Waals surface area contributed by atoms with Crippen LogP contribution in [0.3, 0.4) is 0 Å². The summed E-state index contributed by atoms with van der Waals surface area (Å²) in [6.45, 7) is 4.53. The minimum atomic E-state index is -4.12. The molecule has 0 aliphatic carbocycles. The molecule has 138 valence electrons. The molecule has 0 fully saturated rings. The van der Waals surface area contributed by atoms with Crippen molar-refractivity contribution in [1.29, 1.82) is 0 Å². The maximum atomic E-state index is 12.6. The van der Waals surface area contributed by atoms with Gasteiger partial charge >= 0.3 is 0 Å². The minimum absolute atomic E-state index is 0.0255. The maximum Gasteiger partial charge on any atom is 0.275 e. The van der Waals surface area contributed by atoms with Gasteiger partial charge in [0, 0.05) is 24.2 Å². The number of amides is 1. The molecule has 0 aliphatic heterocycles. The van der Waals surface area contributed by atoms with Gasteiger partial charge in [-0.3, -0.25) is 19.6 Å². The topological polar surface area (TPSA) is 118 Å². The Labute approximate surface area is 155 Å². The number of rotatable bonds is 5. The van der Waals surface area contributed by atoms with Gasteiger partial charge in [0.05, 0.1) is 20.5 Å². The zero-order valence-electron chi connectivity index (χ0n) is 14.2. The van der Waals surface area contributed by atoms with Crippen LogP contribution in [0.1, 0.15) is 18.1 Å². The number of hydrogen-bond acceptors (Lipinski definition) is 5. The number of benzene rings is 2. The quantitative estimate of drug-likeness (QED) is 0.589. The lowest BCUT2D eigenvalue weighted by Gasteiger charge is -2.12. The molecule has 0 heterocycles. The number of nitro groups is 1. The molecule has 0 spiro atoms. The largest absolute Gasteiger partial charge is 0.326 e. The van der Waals surface area contributed by atoms with Crippen LogP contribution in [0.2, 0.25) is 5.02 Å². The second kappa shape index (κ2) is 7.30. The number of carbonyl (C=O) groups is 1. The number of hydrogen-bond donors (Lipinski definition) is 2. The van der Waals surface area contributed by atoms with E-state index in [9.17, 15) is 23.3 Å². The number of sulfonamides is 1. The summed E-state index contributed by atoms with van der Waals surface area (Å²) in [7, 11) is -4.12. The van der Waals surface area contributed by atoms with Gasteiger partial charge in [-0.05, 0) is 37.6 Å². The molecule has 2 N–H and O–H groups in total. The van der Waals surface area contributed by atoms with E-state index < -0.39 is 14.9 Å². The summed E-state index contributed by atoms with van der Waals surface area (Å²) >= 11 is 5.93. The fraction of sp³-hybridized carbons (Fsp3) is 0.188. The Hall–Kier alpha value is -2.65. The van der Waals surface area contributed by atoms with Crippen LogP contribution in [0.4, 0.5) is 17.1 Å². The number of nitro benzene ring substituents is 1. The third kappa shape index (κ3) is 4.30. The summed E-state index contributed by atoms with van der Waals surface area (Å²) in [6.07, 6.45) is 0. The molecule has 2 rings (SSSR count). The van der Waals surface area contributed by atoms with E-state index in [0.717, 1.165) is 17.7 Å². The molecule has 0 saturated carbocycles. The molecule has 8 nitrogen and oxygen atoms in total. The van der Waals surface area contributed by atoms with Crippen LogP contribution in [0.25, 0.3) is 0 Å². The Balaban J connectivity index is 2.44. The van der Waals surface area contributed by atoms with E-state index in [1.54, 1.807) is 13.0 Å². The molecule has 0 unspecified atom stereocenters. The molecule has 2 aromatic carbocycles. The third-order valence-corrected chi connectivity index (χ3v) is 5.35. The van der Waals surface area contributed by atoms with Crippen molar-refractivity contribution in [3.05, 3.63) is 56.6 Å². The summed E-state index contributed by atoms with van der Waals surface area (Å²) in [6, 6.07) is 6.70. The summed E-state index contributed by atoms with van der Waals surface area (Å²) in [4.78, 5) is 21.3. The van der Waals surface area contributed by atoms with E-state index >= 15 is 0 Å². The monoisotopic (exact) mass is 397 g/mol. The van der Waals surface area contributed by atoms with E-state index in [1.165, 1.54) is 26.0 Å². The first-order valence-corrected chi connectivity index (χ1v) is 9.23. The second-order valence-corrected chi connectivity index (χ2v) is 7.71. The highest BCUT2D eigenvalue weighted by atomic mass is 35.5. The van der Waals surface area contributed by atoms with Crippen molar-refractivity contribution in [2.75, 3.05) is 10.0 Å². The number of aryl methyl sites for hydroxylation is 1. The number of nitrogens with zero attached hydrogens (tertiary/aromatic N) is 1. The lowest BCUT2D eigenvalue weighted by molar-refractivity contribution is -0.385. The molecule has 26 heavy (non-hydrogen) atoms. The minimum Gasteiger partial charge on any atom is -0.326 e. The van der Waals surface area contributed by atoms with Crippen molar-refractivity contribution in [2.24, 2.45) is 0 Å². The Morgan fingerprint density at radius 1 is 1.19 bits per heavy atom. The van der Waals surface area contributed by atoms with Gasteiger partial charge in [0.25, 0.3) is 15.7 Å². The molecule has 0 saturated heterocycles. The molecule has 0 aromatic heterocycles. The van der Waals surface area contributed by atoms with Crippen molar-refractivity contribution >= 4 is 44.6 Å². The number of halogens is 1. The van der Waals surface area contributed by atoms with Gasteiger partial charge in [-0.2, -0.15) is 0 Å². The Bertz CT molecular complexity index is 1010. The first-order chi connectivity index (χ1) is 12.0. The van der Waals surface area contributed by atoms with Gasteiger partial charge in [0.15, 0.2) is 0 Å². The van der Waals surface area contributed by atoms with Crippen molar-refractivity contribution < 1.29 is 18.1 Å². The van der Waals surface area contributed by atoms with Crippen molar-refractivity contribution in [3.63, 3.8) is 0 Å². The molecule has 0 atom stereocenters. The van der Waals surface area contributed by atoms with E-state index in [1.807, 2.05) is 0 Å². The maximum absolute atomic E-state index is 12.6. The fourth-order valence-corrected chi connectivity index (χ4v) is 3.58. The number of anilines is 2. The Morgan fingerprint density at radius 2 is 1.85 bits per heavy atom. The highest BCUT2D eigenvalue weighted by Crippen LogP contribution is 2.31. The molecular weight excluding hydrogens is 382 g/mol. The number of nitrogens with one attached hydrogen (secondary N) is 2. The van der Waals surface area contributed by atoms with Crippen LogP contribution in [-0.4, -0.2) is 19.2 Å². The van der Waals surface area contributed by atoms with Gasteiger partial charge in [0.1, 0.15) is 0 Å². The summed E-state index contributed by atoms with van der Waals surface area (Å²) < 4.78 is 27.5. The van der Waals surface area contributed by atoms with Crippen LogP contribution >= 0.6 is 11.6 Å². The number of carbonyl (C=O) groups excluding carboxylic acids is 1. The SMILES string of the molecule is CC(=O)Nc1cc(NS(=O)(=O)c2cc(Cl)c(C)c([N+](=O)[O-])c2)ccc1C. The molecule has 1 amide bonds. The smallest absolute Gasteiger partial charge is 0.275 e. The highest BCUT2D eigenvalue weighted by Gasteiger charge is 2.22. The molecule has 2 aromatic rings. The van der Waals surface area contributed by atoms with E-state index in [4.69, 9.17) is 11.6 Å². The summed E-state index contributed by atoms with van der Waals surface area (Å²) in [5, 5.41) is 13.7. The van der Waals surface area contributed by atoms with Gasteiger partial charge in [-0.25, -0.2) is 8.42 Å². The zero-order chi connectivity index (χ0) is 19.6. The van der Waals surface area contributed by atoms with Gasteiger partial charge < -0.3 is 5.32 Å². The molecule has 0 aliphatic rings.